The van der Waals surface area contributed by atoms with Crippen molar-refractivity contribution in [2.45, 2.75) is 11.5 Å². The number of benzene rings is 1. The summed E-state index contributed by atoms with van der Waals surface area (Å²) in [6.07, 6.45) is -0.175. The Morgan fingerprint density at radius 3 is 2.37 bits per heavy atom. The van der Waals surface area contributed by atoms with Gasteiger partial charge in [-0.2, -0.15) is 8.78 Å². The van der Waals surface area contributed by atoms with E-state index in [1.807, 2.05) is 0 Å². The van der Waals surface area contributed by atoms with Gasteiger partial charge in [0.1, 0.15) is 10.5 Å². The smallest absolute Gasteiger partial charge is 0.387 e. The predicted octanol–water partition coefficient (Wildman–Crippen LogP) is 1.94. The fourth-order valence-electron chi connectivity index (χ4n) is 1.28. The monoisotopic (exact) mass is 315 g/mol. The van der Waals surface area contributed by atoms with Crippen LogP contribution in [0.3, 0.4) is 0 Å². The summed E-state index contributed by atoms with van der Waals surface area (Å²) < 4.78 is 50.2. The van der Waals surface area contributed by atoms with Crippen molar-refractivity contribution in [3.05, 3.63) is 27.8 Å². The SMILES string of the molecule is O=Cc1c(S(=O)(=O)Cl)ccc(OC(F)F)c1[N+](=O)[O-]. The fraction of sp³-hybridized carbons (Fsp3) is 0.125. The minimum absolute atomic E-state index is 0.175. The van der Waals surface area contributed by atoms with Crippen LogP contribution in [0.25, 0.3) is 0 Å². The molecule has 1 aromatic rings. The average Bonchev–Trinajstić information content (AvgIpc) is 2.25. The lowest BCUT2D eigenvalue weighted by molar-refractivity contribution is -0.386. The molecule has 0 aliphatic heterocycles. The van der Waals surface area contributed by atoms with Crippen LogP contribution >= 0.6 is 10.7 Å². The number of rotatable bonds is 5. The minimum atomic E-state index is -4.45. The molecule has 0 heterocycles. The number of carbonyl (C=O) groups is 1. The minimum Gasteiger partial charge on any atom is -0.427 e. The van der Waals surface area contributed by atoms with Gasteiger partial charge in [0.15, 0.2) is 6.29 Å². The largest absolute Gasteiger partial charge is 0.427 e. The van der Waals surface area contributed by atoms with Gasteiger partial charge < -0.3 is 4.74 Å². The van der Waals surface area contributed by atoms with Gasteiger partial charge in [0.05, 0.1) is 4.92 Å². The van der Waals surface area contributed by atoms with Crippen molar-refractivity contribution in [3.63, 3.8) is 0 Å². The molecule has 0 aliphatic carbocycles. The first kappa shape index (κ1) is 15.2. The van der Waals surface area contributed by atoms with Crippen LogP contribution in [0.2, 0.25) is 0 Å². The molecule has 19 heavy (non-hydrogen) atoms. The van der Waals surface area contributed by atoms with Gasteiger partial charge in [0, 0.05) is 10.7 Å². The van der Waals surface area contributed by atoms with E-state index in [9.17, 15) is 32.1 Å². The molecule has 104 valence electrons. The molecule has 7 nitrogen and oxygen atoms in total. The first-order chi connectivity index (χ1) is 8.68. The molecule has 0 fully saturated rings. The van der Waals surface area contributed by atoms with E-state index in [1.165, 1.54) is 0 Å². The van der Waals surface area contributed by atoms with Gasteiger partial charge in [0.2, 0.25) is 5.75 Å². The summed E-state index contributed by atoms with van der Waals surface area (Å²) in [6.45, 7) is -3.38. The summed E-state index contributed by atoms with van der Waals surface area (Å²) in [7, 11) is 0.526. The number of nitrogens with zero attached hydrogens (tertiary/aromatic N) is 1. The second-order valence-corrected chi connectivity index (χ2v) is 5.55. The lowest BCUT2D eigenvalue weighted by Gasteiger charge is -2.08. The van der Waals surface area contributed by atoms with Crippen molar-refractivity contribution in [1.82, 2.24) is 0 Å². The van der Waals surface area contributed by atoms with Crippen LogP contribution in [0.5, 0.6) is 5.75 Å². The van der Waals surface area contributed by atoms with Crippen molar-refractivity contribution in [2.24, 2.45) is 0 Å². The molecule has 0 spiro atoms. The third kappa shape index (κ3) is 3.35. The normalized spacial score (nSPS) is 11.4. The van der Waals surface area contributed by atoms with E-state index in [4.69, 9.17) is 10.7 Å². The lowest BCUT2D eigenvalue weighted by atomic mass is 10.2. The summed E-state index contributed by atoms with van der Waals surface area (Å²) in [4.78, 5) is 19.4. The van der Waals surface area contributed by atoms with Crippen LogP contribution in [-0.4, -0.2) is 26.2 Å². The topological polar surface area (TPSA) is 104 Å². The van der Waals surface area contributed by atoms with Crippen LogP contribution in [0, 0.1) is 10.1 Å². The first-order valence-corrected chi connectivity index (χ1v) is 6.65. The van der Waals surface area contributed by atoms with E-state index in [-0.39, 0.29) is 6.29 Å². The van der Waals surface area contributed by atoms with Crippen molar-refractivity contribution in [2.75, 3.05) is 0 Å². The standard InChI is InChI=1S/C8H4ClF2NO6S/c9-19(16,17)6-2-1-5(18-8(10)11)7(12(14)15)4(6)3-13/h1-3,8H. The van der Waals surface area contributed by atoms with Crippen molar-refractivity contribution in [1.29, 1.82) is 0 Å². The summed E-state index contributed by atoms with van der Waals surface area (Å²) in [5.74, 6) is -0.939. The highest BCUT2D eigenvalue weighted by Crippen LogP contribution is 2.36. The summed E-state index contributed by atoms with van der Waals surface area (Å²) >= 11 is 0. The number of aldehydes is 1. The molecule has 0 saturated carbocycles. The molecule has 0 bridgehead atoms. The Labute approximate surface area is 109 Å². The second-order valence-electron chi connectivity index (χ2n) is 3.02. The fourth-order valence-corrected chi connectivity index (χ4v) is 2.32. The van der Waals surface area contributed by atoms with E-state index in [2.05, 4.69) is 4.74 Å². The Morgan fingerprint density at radius 1 is 1.42 bits per heavy atom. The number of nitro groups is 1. The summed E-state index contributed by atoms with van der Waals surface area (Å²) in [5, 5.41) is 10.7. The quantitative estimate of drug-likeness (QED) is 0.356. The van der Waals surface area contributed by atoms with Crippen molar-refractivity contribution >= 4 is 31.7 Å². The molecule has 0 unspecified atom stereocenters. The third-order valence-corrected chi connectivity index (χ3v) is 3.30. The Kier molecular flexibility index (Phi) is 4.37. The molecule has 11 heteroatoms. The van der Waals surface area contributed by atoms with Gasteiger partial charge in [-0.25, -0.2) is 8.42 Å². The van der Waals surface area contributed by atoms with Crippen molar-refractivity contribution < 1.29 is 31.7 Å². The molecular weight excluding hydrogens is 312 g/mol. The second kappa shape index (κ2) is 5.45. The van der Waals surface area contributed by atoms with E-state index >= 15 is 0 Å². The maximum absolute atomic E-state index is 12.1. The van der Waals surface area contributed by atoms with Gasteiger partial charge in [-0.1, -0.05) is 0 Å². The first-order valence-electron chi connectivity index (χ1n) is 4.34. The van der Waals surface area contributed by atoms with Gasteiger partial charge >= 0.3 is 12.3 Å². The highest BCUT2D eigenvalue weighted by Gasteiger charge is 2.30. The molecule has 1 aromatic carbocycles. The van der Waals surface area contributed by atoms with Crippen LogP contribution in [0.1, 0.15) is 10.4 Å². The molecule has 0 saturated heterocycles. The number of halogens is 3. The van der Waals surface area contributed by atoms with Crippen LogP contribution in [-0.2, 0) is 9.05 Å². The molecule has 0 atom stereocenters. The average molecular weight is 316 g/mol. The Hall–Kier alpha value is -1.81. The molecular formula is C8H4ClF2NO6S. The van der Waals surface area contributed by atoms with E-state index in [1.54, 1.807) is 0 Å². The summed E-state index contributed by atoms with van der Waals surface area (Å²) in [6, 6.07) is 1.28. The highest BCUT2D eigenvalue weighted by atomic mass is 35.7. The predicted molar refractivity (Wildman–Crippen MR) is 58.2 cm³/mol. The number of hydrogen-bond acceptors (Lipinski definition) is 6. The Balaban J connectivity index is 3.66. The zero-order valence-electron chi connectivity index (χ0n) is 8.75. The van der Waals surface area contributed by atoms with E-state index in [0.717, 1.165) is 0 Å². The Bertz CT molecular complexity index is 632. The van der Waals surface area contributed by atoms with Crippen LogP contribution < -0.4 is 4.74 Å². The molecule has 0 radical (unpaired) electrons. The zero-order valence-corrected chi connectivity index (χ0v) is 10.3. The highest BCUT2D eigenvalue weighted by molar-refractivity contribution is 8.13. The van der Waals surface area contributed by atoms with Crippen LogP contribution in [0.15, 0.2) is 17.0 Å². The van der Waals surface area contributed by atoms with Crippen molar-refractivity contribution in [3.8, 4) is 5.75 Å². The van der Waals surface area contributed by atoms with Gasteiger partial charge in [-0.05, 0) is 12.1 Å². The van der Waals surface area contributed by atoms with Gasteiger partial charge in [-0.15, -0.1) is 0 Å². The Morgan fingerprint density at radius 2 is 2.00 bits per heavy atom. The van der Waals surface area contributed by atoms with E-state index < -0.39 is 42.5 Å². The van der Waals surface area contributed by atoms with E-state index in [0.29, 0.717) is 12.1 Å². The molecule has 0 aliphatic rings. The molecule has 0 N–H and O–H groups in total. The number of carbonyl (C=O) groups excluding carboxylic acids is 1. The van der Waals surface area contributed by atoms with Gasteiger partial charge in [0.25, 0.3) is 9.05 Å². The van der Waals surface area contributed by atoms with Gasteiger partial charge in [-0.3, -0.25) is 14.9 Å². The summed E-state index contributed by atoms with van der Waals surface area (Å²) in [5.41, 5.74) is -2.16. The molecule has 0 amide bonds. The number of hydrogen-bond donors (Lipinski definition) is 0. The number of alkyl halides is 2. The maximum atomic E-state index is 12.1. The lowest BCUT2D eigenvalue weighted by Crippen LogP contribution is -2.08. The molecule has 0 aromatic heterocycles. The van der Waals surface area contributed by atoms with Crippen LogP contribution in [0.4, 0.5) is 14.5 Å². The number of nitro benzene ring substituents is 1. The zero-order chi connectivity index (χ0) is 14.8. The molecule has 1 rings (SSSR count). The maximum Gasteiger partial charge on any atom is 0.387 e. The number of ether oxygens (including phenoxy) is 1. The third-order valence-electron chi connectivity index (χ3n) is 1.92.